The average Bonchev–Trinajstić information content (AvgIpc) is 2.28. The fourth-order valence-corrected chi connectivity index (χ4v) is 1.19. The summed E-state index contributed by atoms with van der Waals surface area (Å²) < 4.78 is 26.0. The molecule has 5 heteroatoms. The van der Waals surface area contributed by atoms with Crippen molar-refractivity contribution < 1.29 is 13.6 Å². The standard InChI is InChI=1S/C12H12F2N2O/c1-3-12(2,7-15)16-11(17)9-5-4-8(13)6-10(9)14/h4-6H,3H2,1-2H3,(H,16,17)/t12-/m0/s1. The second-order valence-corrected chi connectivity index (χ2v) is 3.88. The Bertz CT molecular complexity index is 482. The minimum atomic E-state index is -1.06. The van der Waals surface area contributed by atoms with Gasteiger partial charge in [-0.25, -0.2) is 8.78 Å². The SMILES string of the molecule is CC[C@@](C)(C#N)NC(=O)c1ccc(F)cc1F. The lowest BCUT2D eigenvalue weighted by molar-refractivity contribution is 0.0919. The van der Waals surface area contributed by atoms with Crippen molar-refractivity contribution in [1.82, 2.24) is 5.32 Å². The molecule has 90 valence electrons. The highest BCUT2D eigenvalue weighted by Gasteiger charge is 2.25. The number of rotatable bonds is 3. The van der Waals surface area contributed by atoms with Crippen LogP contribution in [0.1, 0.15) is 30.6 Å². The molecule has 0 radical (unpaired) electrons. The molecule has 0 aliphatic carbocycles. The molecule has 1 rings (SSSR count). The summed E-state index contributed by atoms with van der Waals surface area (Å²) in [7, 11) is 0. The van der Waals surface area contributed by atoms with Crippen LogP contribution in [0.2, 0.25) is 0 Å². The third-order valence-electron chi connectivity index (χ3n) is 2.52. The van der Waals surface area contributed by atoms with Crippen LogP contribution in [0.25, 0.3) is 0 Å². The molecule has 0 aliphatic rings. The average molecular weight is 238 g/mol. The van der Waals surface area contributed by atoms with Crippen molar-refractivity contribution in [2.24, 2.45) is 0 Å². The number of carbonyl (C=O) groups excluding carboxylic acids is 1. The number of halogens is 2. The third kappa shape index (κ3) is 3.00. The molecular weight excluding hydrogens is 226 g/mol. The van der Waals surface area contributed by atoms with Crippen molar-refractivity contribution in [1.29, 1.82) is 5.26 Å². The Morgan fingerprint density at radius 3 is 2.65 bits per heavy atom. The fourth-order valence-electron chi connectivity index (χ4n) is 1.19. The molecule has 0 spiro atoms. The molecule has 0 saturated heterocycles. The van der Waals surface area contributed by atoms with E-state index in [0.29, 0.717) is 12.5 Å². The van der Waals surface area contributed by atoms with E-state index in [1.165, 1.54) is 6.92 Å². The summed E-state index contributed by atoms with van der Waals surface area (Å²) in [5, 5.41) is 11.3. The van der Waals surface area contributed by atoms with E-state index in [0.717, 1.165) is 12.1 Å². The van der Waals surface area contributed by atoms with Gasteiger partial charge in [0.05, 0.1) is 11.6 Å². The van der Waals surface area contributed by atoms with Gasteiger partial charge >= 0.3 is 0 Å². The van der Waals surface area contributed by atoms with E-state index in [1.54, 1.807) is 6.92 Å². The van der Waals surface area contributed by atoms with Gasteiger partial charge in [-0.05, 0) is 25.5 Å². The Morgan fingerprint density at radius 2 is 2.18 bits per heavy atom. The molecule has 3 nitrogen and oxygen atoms in total. The van der Waals surface area contributed by atoms with Gasteiger partial charge in [0.15, 0.2) is 0 Å². The maximum Gasteiger partial charge on any atom is 0.255 e. The van der Waals surface area contributed by atoms with E-state index in [4.69, 9.17) is 5.26 Å². The van der Waals surface area contributed by atoms with Crippen LogP contribution in [0, 0.1) is 23.0 Å². The van der Waals surface area contributed by atoms with Gasteiger partial charge in [-0.1, -0.05) is 6.92 Å². The van der Waals surface area contributed by atoms with Gasteiger partial charge in [-0.3, -0.25) is 4.79 Å². The number of nitrogens with zero attached hydrogens (tertiary/aromatic N) is 1. The molecule has 1 atom stereocenters. The number of hydrogen-bond donors (Lipinski definition) is 1. The number of benzene rings is 1. The topological polar surface area (TPSA) is 52.9 Å². The number of carbonyl (C=O) groups is 1. The van der Waals surface area contributed by atoms with Crippen LogP contribution in [-0.4, -0.2) is 11.4 Å². The largest absolute Gasteiger partial charge is 0.334 e. The highest BCUT2D eigenvalue weighted by molar-refractivity contribution is 5.95. The lowest BCUT2D eigenvalue weighted by Gasteiger charge is -2.21. The van der Waals surface area contributed by atoms with E-state index in [2.05, 4.69) is 5.32 Å². The van der Waals surface area contributed by atoms with Gasteiger partial charge in [-0.15, -0.1) is 0 Å². The van der Waals surface area contributed by atoms with Crippen LogP contribution >= 0.6 is 0 Å². The predicted octanol–water partition coefficient (Wildman–Crippen LogP) is 2.39. The Morgan fingerprint density at radius 1 is 1.53 bits per heavy atom. The Kier molecular flexibility index (Phi) is 3.79. The van der Waals surface area contributed by atoms with Crippen molar-refractivity contribution >= 4 is 5.91 Å². The maximum atomic E-state index is 13.3. The molecule has 0 aliphatic heterocycles. The van der Waals surface area contributed by atoms with Gasteiger partial charge < -0.3 is 5.32 Å². The number of nitrogens with one attached hydrogen (secondary N) is 1. The summed E-state index contributed by atoms with van der Waals surface area (Å²) in [6, 6.07) is 4.60. The molecule has 1 aromatic rings. The first kappa shape index (κ1) is 13.1. The molecule has 0 bridgehead atoms. The molecular formula is C12H12F2N2O. The highest BCUT2D eigenvalue weighted by atomic mass is 19.1. The summed E-state index contributed by atoms with van der Waals surface area (Å²) in [5.74, 6) is -2.43. The second kappa shape index (κ2) is 4.91. The first-order valence-electron chi connectivity index (χ1n) is 5.10. The van der Waals surface area contributed by atoms with Gasteiger partial charge in [0, 0.05) is 6.07 Å². The molecule has 1 aromatic carbocycles. The van der Waals surface area contributed by atoms with Gasteiger partial charge in [-0.2, -0.15) is 5.26 Å². The van der Waals surface area contributed by atoms with E-state index >= 15 is 0 Å². The molecule has 0 unspecified atom stereocenters. The zero-order valence-corrected chi connectivity index (χ0v) is 9.55. The first-order chi connectivity index (χ1) is 7.91. The second-order valence-electron chi connectivity index (χ2n) is 3.88. The van der Waals surface area contributed by atoms with Crippen LogP contribution in [0.4, 0.5) is 8.78 Å². The van der Waals surface area contributed by atoms with Crippen molar-refractivity contribution in [3.05, 3.63) is 35.4 Å². The molecule has 1 amide bonds. The Balaban J connectivity index is 2.95. The van der Waals surface area contributed by atoms with Crippen LogP contribution in [-0.2, 0) is 0 Å². The van der Waals surface area contributed by atoms with E-state index in [9.17, 15) is 13.6 Å². The van der Waals surface area contributed by atoms with E-state index in [1.807, 2.05) is 6.07 Å². The quantitative estimate of drug-likeness (QED) is 0.879. The Hall–Kier alpha value is -1.96. The minimum absolute atomic E-state index is 0.277. The van der Waals surface area contributed by atoms with E-state index in [-0.39, 0.29) is 5.56 Å². The fraction of sp³-hybridized carbons (Fsp3) is 0.333. The summed E-state index contributed by atoms with van der Waals surface area (Å²) >= 11 is 0. The van der Waals surface area contributed by atoms with Crippen LogP contribution in [0.3, 0.4) is 0 Å². The van der Waals surface area contributed by atoms with Crippen molar-refractivity contribution in [3.63, 3.8) is 0 Å². The molecule has 0 aromatic heterocycles. The van der Waals surface area contributed by atoms with Crippen LogP contribution < -0.4 is 5.32 Å². The zero-order valence-electron chi connectivity index (χ0n) is 9.55. The normalized spacial score (nSPS) is 13.6. The van der Waals surface area contributed by atoms with Crippen molar-refractivity contribution in [3.8, 4) is 6.07 Å². The van der Waals surface area contributed by atoms with Crippen LogP contribution in [0.15, 0.2) is 18.2 Å². The predicted molar refractivity (Wildman–Crippen MR) is 58.1 cm³/mol. The van der Waals surface area contributed by atoms with Crippen LogP contribution in [0.5, 0.6) is 0 Å². The lowest BCUT2D eigenvalue weighted by Crippen LogP contribution is -2.44. The zero-order chi connectivity index (χ0) is 13.1. The summed E-state index contributed by atoms with van der Waals surface area (Å²) in [5.41, 5.74) is -1.33. The maximum absolute atomic E-state index is 13.3. The third-order valence-corrected chi connectivity index (χ3v) is 2.52. The molecule has 17 heavy (non-hydrogen) atoms. The smallest absolute Gasteiger partial charge is 0.255 e. The van der Waals surface area contributed by atoms with Crippen molar-refractivity contribution in [2.75, 3.05) is 0 Å². The number of hydrogen-bond acceptors (Lipinski definition) is 2. The van der Waals surface area contributed by atoms with Crippen molar-refractivity contribution in [2.45, 2.75) is 25.8 Å². The first-order valence-corrected chi connectivity index (χ1v) is 5.10. The van der Waals surface area contributed by atoms with E-state index < -0.39 is 23.1 Å². The molecule has 0 fully saturated rings. The summed E-state index contributed by atoms with van der Waals surface area (Å²) in [4.78, 5) is 11.7. The molecule has 1 N–H and O–H groups in total. The summed E-state index contributed by atoms with van der Waals surface area (Å²) in [6.07, 6.45) is 0.387. The van der Waals surface area contributed by atoms with Gasteiger partial charge in [0.2, 0.25) is 0 Å². The minimum Gasteiger partial charge on any atom is -0.334 e. The monoisotopic (exact) mass is 238 g/mol. The number of nitriles is 1. The molecule has 0 heterocycles. The number of amides is 1. The lowest BCUT2D eigenvalue weighted by atomic mass is 10.0. The molecule has 0 saturated carbocycles. The Labute approximate surface area is 98.1 Å². The highest BCUT2D eigenvalue weighted by Crippen LogP contribution is 2.13. The van der Waals surface area contributed by atoms with Gasteiger partial charge in [0.25, 0.3) is 5.91 Å². The summed E-state index contributed by atoms with van der Waals surface area (Å²) in [6.45, 7) is 3.26. The van der Waals surface area contributed by atoms with Gasteiger partial charge in [0.1, 0.15) is 17.2 Å².